The molecule has 4 aromatic carbocycles. The number of nitrogens with zero attached hydrogens (tertiary/aromatic N) is 2. The van der Waals surface area contributed by atoms with Crippen molar-refractivity contribution in [1.29, 1.82) is 0 Å². The van der Waals surface area contributed by atoms with E-state index in [0.29, 0.717) is 19.6 Å². The fraction of sp³-hybridized carbons (Fsp3) is 0.286. The minimum atomic E-state index is -4.14. The predicted octanol–water partition coefficient (Wildman–Crippen LogP) is 5.77. The molecular weight excluding hydrogens is 609 g/mol. The number of hydrogen-bond donors (Lipinski definition) is 2. The first kappa shape index (κ1) is 32.9. The number of para-hydroxylation sites is 2. The molecule has 0 saturated carbocycles. The Balaban J connectivity index is 1.39. The molecule has 0 bridgehead atoms. The Labute approximate surface area is 269 Å². The number of benzene rings is 4. The van der Waals surface area contributed by atoms with Crippen LogP contribution in [0.4, 0.5) is 10.1 Å². The van der Waals surface area contributed by atoms with Crippen LogP contribution in [0.25, 0.3) is 0 Å². The third-order valence-corrected chi connectivity index (χ3v) is 9.29. The van der Waals surface area contributed by atoms with Crippen LogP contribution in [0, 0.1) is 11.7 Å². The maximum atomic E-state index is 13.8. The molecular formula is C35H38FN3O6S. The highest BCUT2D eigenvalue weighted by molar-refractivity contribution is 7.92. The van der Waals surface area contributed by atoms with Gasteiger partial charge in [-0.05, 0) is 80.2 Å². The van der Waals surface area contributed by atoms with Crippen molar-refractivity contribution in [2.24, 2.45) is 5.92 Å². The van der Waals surface area contributed by atoms with Crippen LogP contribution in [0.15, 0.2) is 102 Å². The van der Waals surface area contributed by atoms with Crippen molar-refractivity contribution in [2.75, 3.05) is 31.5 Å². The van der Waals surface area contributed by atoms with Crippen molar-refractivity contribution in [2.45, 2.75) is 37.4 Å². The van der Waals surface area contributed by atoms with Crippen LogP contribution in [-0.4, -0.2) is 68.1 Å². The molecule has 0 aromatic heterocycles. The van der Waals surface area contributed by atoms with Crippen LogP contribution in [0.1, 0.15) is 29.8 Å². The van der Waals surface area contributed by atoms with Crippen molar-refractivity contribution in [3.63, 3.8) is 0 Å². The van der Waals surface area contributed by atoms with Gasteiger partial charge < -0.3 is 19.5 Å². The zero-order chi connectivity index (χ0) is 32.8. The molecule has 1 amide bonds. The van der Waals surface area contributed by atoms with Gasteiger partial charge in [0.2, 0.25) is 0 Å². The number of likely N-dealkylation sites (N-methyl/N-ethyl adjacent to an activating group) is 1. The van der Waals surface area contributed by atoms with Gasteiger partial charge in [0.15, 0.2) is 5.75 Å². The molecule has 1 aliphatic heterocycles. The first-order valence-electron chi connectivity index (χ1n) is 15.0. The number of hydrogen-bond acceptors (Lipinski definition) is 7. The smallest absolute Gasteiger partial charge is 0.262 e. The Morgan fingerprint density at radius 2 is 1.67 bits per heavy atom. The van der Waals surface area contributed by atoms with Gasteiger partial charge in [0.25, 0.3) is 15.9 Å². The molecule has 242 valence electrons. The number of rotatable bonds is 11. The van der Waals surface area contributed by atoms with E-state index in [-0.39, 0.29) is 40.3 Å². The lowest BCUT2D eigenvalue weighted by Crippen LogP contribution is -2.49. The fourth-order valence-electron chi connectivity index (χ4n) is 5.33. The predicted molar refractivity (Wildman–Crippen MR) is 174 cm³/mol. The Kier molecular flexibility index (Phi) is 10.3. The third kappa shape index (κ3) is 7.85. The van der Waals surface area contributed by atoms with Gasteiger partial charge in [-0.25, -0.2) is 12.8 Å². The first-order chi connectivity index (χ1) is 22.0. The van der Waals surface area contributed by atoms with Crippen molar-refractivity contribution in [3.8, 4) is 17.2 Å². The summed E-state index contributed by atoms with van der Waals surface area (Å²) in [4.78, 5) is 17.3. The normalized spacial score (nSPS) is 17.4. The van der Waals surface area contributed by atoms with E-state index >= 15 is 0 Å². The van der Waals surface area contributed by atoms with E-state index in [9.17, 15) is 22.7 Å². The molecule has 0 saturated heterocycles. The second-order valence-corrected chi connectivity index (χ2v) is 13.3. The molecule has 3 atom stereocenters. The first-order valence-corrected chi connectivity index (χ1v) is 16.5. The molecule has 0 aliphatic carbocycles. The maximum absolute atomic E-state index is 13.8. The molecule has 0 spiro atoms. The van der Waals surface area contributed by atoms with Crippen LogP contribution in [-0.2, 0) is 16.6 Å². The number of nitrogens with one attached hydrogen (secondary N) is 1. The summed E-state index contributed by atoms with van der Waals surface area (Å²) in [6, 6.07) is 26.1. The van der Waals surface area contributed by atoms with Gasteiger partial charge in [0.05, 0.1) is 28.8 Å². The van der Waals surface area contributed by atoms with Gasteiger partial charge in [-0.15, -0.1) is 0 Å². The van der Waals surface area contributed by atoms with Gasteiger partial charge in [0, 0.05) is 25.6 Å². The van der Waals surface area contributed by atoms with Gasteiger partial charge >= 0.3 is 0 Å². The lowest BCUT2D eigenvalue weighted by Gasteiger charge is -2.38. The number of carbonyl (C=O) groups excluding carboxylic acids is 1. The van der Waals surface area contributed by atoms with E-state index in [1.54, 1.807) is 24.0 Å². The molecule has 2 N–H and O–H groups in total. The summed E-state index contributed by atoms with van der Waals surface area (Å²) < 4.78 is 55.0. The summed E-state index contributed by atoms with van der Waals surface area (Å²) >= 11 is 0. The molecule has 0 radical (unpaired) electrons. The van der Waals surface area contributed by atoms with Gasteiger partial charge in [-0.1, -0.05) is 43.3 Å². The molecule has 46 heavy (non-hydrogen) atoms. The topological polar surface area (TPSA) is 108 Å². The molecule has 1 aliphatic rings. The lowest BCUT2D eigenvalue weighted by molar-refractivity contribution is 0.0344. The summed E-state index contributed by atoms with van der Waals surface area (Å²) in [7, 11) is -2.17. The SMILES string of the molecule is C[C@H](CO)N1C[C@H](C)[C@@H](CN(C)Cc2ccc(Oc3ccccc3)cc2)Oc2c(NS(=O)(=O)c3ccc(F)cc3)cccc2C1=O. The maximum Gasteiger partial charge on any atom is 0.262 e. The summed E-state index contributed by atoms with van der Waals surface area (Å²) in [5.74, 6) is 0.455. The number of anilines is 1. The van der Waals surface area contributed by atoms with Gasteiger partial charge in [0.1, 0.15) is 23.4 Å². The Bertz CT molecular complexity index is 1740. The van der Waals surface area contributed by atoms with E-state index in [4.69, 9.17) is 9.47 Å². The molecule has 0 unspecified atom stereocenters. The lowest BCUT2D eigenvalue weighted by atomic mass is 9.99. The number of halogens is 1. The third-order valence-electron chi connectivity index (χ3n) is 7.91. The van der Waals surface area contributed by atoms with E-state index in [0.717, 1.165) is 29.2 Å². The minimum absolute atomic E-state index is 0.0857. The van der Waals surface area contributed by atoms with Gasteiger partial charge in [-0.3, -0.25) is 14.4 Å². The highest BCUT2D eigenvalue weighted by Gasteiger charge is 2.35. The van der Waals surface area contributed by atoms with E-state index in [1.807, 2.05) is 68.6 Å². The molecule has 4 aromatic rings. The molecule has 1 heterocycles. The van der Waals surface area contributed by atoms with Crippen molar-refractivity contribution in [1.82, 2.24) is 9.80 Å². The molecule has 5 rings (SSSR count). The van der Waals surface area contributed by atoms with Crippen LogP contribution < -0.4 is 14.2 Å². The molecule has 9 nitrogen and oxygen atoms in total. The monoisotopic (exact) mass is 647 g/mol. The Morgan fingerprint density at radius 1 is 1.00 bits per heavy atom. The van der Waals surface area contributed by atoms with Crippen molar-refractivity contribution < 1.29 is 32.2 Å². The average Bonchev–Trinajstić information content (AvgIpc) is 3.04. The Hall–Kier alpha value is -4.45. The number of fused-ring (bicyclic) bond motifs is 1. The summed E-state index contributed by atoms with van der Waals surface area (Å²) in [5.41, 5.74) is 1.32. The van der Waals surface area contributed by atoms with Crippen molar-refractivity contribution in [3.05, 3.63) is 114 Å². The van der Waals surface area contributed by atoms with Crippen LogP contribution in [0.5, 0.6) is 17.2 Å². The van der Waals surface area contributed by atoms with Gasteiger partial charge in [-0.2, -0.15) is 0 Å². The number of aliphatic hydroxyl groups excluding tert-OH is 1. The second kappa shape index (κ2) is 14.3. The number of aliphatic hydroxyl groups is 1. The zero-order valence-corrected chi connectivity index (χ0v) is 26.8. The second-order valence-electron chi connectivity index (χ2n) is 11.6. The summed E-state index contributed by atoms with van der Waals surface area (Å²) in [6.07, 6.45) is -0.456. The number of amides is 1. The highest BCUT2D eigenvalue weighted by Crippen LogP contribution is 2.36. The van der Waals surface area contributed by atoms with E-state index < -0.39 is 28.0 Å². The Morgan fingerprint density at radius 3 is 2.35 bits per heavy atom. The molecule has 0 fully saturated rings. The van der Waals surface area contributed by atoms with Crippen molar-refractivity contribution >= 4 is 21.6 Å². The fourth-order valence-corrected chi connectivity index (χ4v) is 6.39. The van der Waals surface area contributed by atoms with Crippen LogP contribution in [0.2, 0.25) is 0 Å². The standard InChI is InChI=1S/C35H38FN3O6S/c1-24-20-39(25(2)23-40)35(41)31-10-7-11-32(37-46(42,43)30-18-14-27(36)15-19-30)34(31)45-33(24)22-38(3)21-26-12-16-29(17-13-26)44-28-8-5-4-6-9-28/h4-19,24-25,33,37,40H,20-23H2,1-3H3/t24-,25+,33+/m0/s1. The number of carbonyl (C=O) groups is 1. The van der Waals surface area contributed by atoms with Crippen LogP contribution in [0.3, 0.4) is 0 Å². The largest absolute Gasteiger partial charge is 0.486 e. The zero-order valence-electron chi connectivity index (χ0n) is 26.0. The summed E-state index contributed by atoms with van der Waals surface area (Å²) in [5, 5.41) is 9.97. The van der Waals surface area contributed by atoms with Crippen LogP contribution >= 0.6 is 0 Å². The number of ether oxygens (including phenoxy) is 2. The molecule has 11 heteroatoms. The van der Waals surface area contributed by atoms with E-state index in [1.165, 1.54) is 18.2 Å². The van der Waals surface area contributed by atoms with E-state index in [2.05, 4.69) is 9.62 Å². The quantitative estimate of drug-likeness (QED) is 0.213. The minimum Gasteiger partial charge on any atom is -0.486 e. The number of sulfonamides is 1. The summed E-state index contributed by atoms with van der Waals surface area (Å²) in [6.45, 7) is 4.88. The average molecular weight is 648 g/mol. The highest BCUT2D eigenvalue weighted by atomic mass is 32.2.